The van der Waals surface area contributed by atoms with Crippen LogP contribution in [-0.2, 0) is 4.74 Å². The number of aromatic nitrogens is 4. The Bertz CT molecular complexity index is 1550. The van der Waals surface area contributed by atoms with Crippen molar-refractivity contribution in [3.05, 3.63) is 57.5 Å². The number of hydrogen-bond acceptors (Lipinski definition) is 10. The predicted octanol–water partition coefficient (Wildman–Crippen LogP) is 5.25. The van der Waals surface area contributed by atoms with Crippen LogP contribution in [0.5, 0.6) is 11.5 Å². The molecular formula is C26H22Br2N4O5S. The lowest BCUT2D eigenvalue weighted by Gasteiger charge is -2.14. The maximum Gasteiger partial charge on any atom is 0.122 e. The first-order valence-electron chi connectivity index (χ1n) is 11.7. The third-order valence-electron chi connectivity index (χ3n) is 5.56. The molecule has 0 saturated heterocycles. The summed E-state index contributed by atoms with van der Waals surface area (Å²) in [5, 5.41) is 17.9. The molecule has 5 rings (SSSR count). The van der Waals surface area contributed by atoms with E-state index in [9.17, 15) is 0 Å². The summed E-state index contributed by atoms with van der Waals surface area (Å²) in [7, 11) is 0. The van der Waals surface area contributed by atoms with E-state index in [0.29, 0.717) is 47.1 Å². The predicted molar refractivity (Wildman–Crippen MR) is 153 cm³/mol. The van der Waals surface area contributed by atoms with Crippen LogP contribution in [-0.4, -0.2) is 68.6 Å². The van der Waals surface area contributed by atoms with Gasteiger partial charge in [-0.2, -0.15) is 8.75 Å². The van der Waals surface area contributed by atoms with Gasteiger partial charge in [0.15, 0.2) is 0 Å². The maximum absolute atomic E-state index is 9.05. The number of hydrogen-bond donors (Lipinski definition) is 2. The van der Waals surface area contributed by atoms with E-state index < -0.39 is 0 Å². The van der Waals surface area contributed by atoms with Gasteiger partial charge in [-0.3, -0.25) is 0 Å². The molecule has 2 heterocycles. The van der Waals surface area contributed by atoms with E-state index in [2.05, 4.69) is 40.6 Å². The normalized spacial score (nSPS) is 11.4. The first-order valence-corrected chi connectivity index (χ1v) is 14.0. The first-order chi connectivity index (χ1) is 18.6. The molecule has 38 heavy (non-hydrogen) atoms. The van der Waals surface area contributed by atoms with Crippen molar-refractivity contribution in [2.75, 3.05) is 39.6 Å². The summed E-state index contributed by atoms with van der Waals surface area (Å²) >= 11 is 8.47. The number of rotatable bonds is 11. The van der Waals surface area contributed by atoms with Gasteiger partial charge in [0.25, 0.3) is 0 Å². The molecule has 2 N–H and O–H groups in total. The molecule has 0 atom stereocenters. The molecule has 196 valence electrons. The van der Waals surface area contributed by atoms with Crippen molar-refractivity contribution in [3.8, 4) is 34.0 Å². The minimum atomic E-state index is -0.0553. The van der Waals surface area contributed by atoms with Crippen LogP contribution >= 0.6 is 43.6 Å². The van der Waals surface area contributed by atoms with Crippen molar-refractivity contribution in [2.45, 2.75) is 0 Å². The van der Waals surface area contributed by atoms with Crippen molar-refractivity contribution >= 4 is 65.7 Å². The topological polar surface area (TPSA) is 120 Å². The fraction of sp³-hybridized carbons (Fsp3) is 0.231. The number of fused-ring (bicyclic) bond motifs is 2. The van der Waals surface area contributed by atoms with Crippen LogP contribution in [0, 0.1) is 0 Å². The maximum atomic E-state index is 9.05. The minimum absolute atomic E-state index is 0.0145. The molecule has 12 heteroatoms. The average Bonchev–Trinajstić information content (AvgIpc) is 3.45. The van der Waals surface area contributed by atoms with Gasteiger partial charge < -0.3 is 24.4 Å². The van der Waals surface area contributed by atoms with Gasteiger partial charge in [0.05, 0.1) is 58.5 Å². The lowest BCUT2D eigenvalue weighted by Crippen LogP contribution is -2.09. The fourth-order valence-corrected chi connectivity index (χ4v) is 5.71. The molecule has 3 aromatic carbocycles. The highest BCUT2D eigenvalue weighted by molar-refractivity contribution is 9.11. The molecule has 0 spiro atoms. The highest BCUT2D eigenvalue weighted by Gasteiger charge is 2.21. The van der Waals surface area contributed by atoms with Gasteiger partial charge in [0.1, 0.15) is 46.8 Å². The van der Waals surface area contributed by atoms with Crippen molar-refractivity contribution in [1.82, 2.24) is 18.7 Å². The van der Waals surface area contributed by atoms with Gasteiger partial charge in [0.2, 0.25) is 0 Å². The largest absolute Gasteiger partial charge is 0.491 e. The second-order valence-electron chi connectivity index (χ2n) is 8.01. The van der Waals surface area contributed by atoms with E-state index in [1.807, 2.05) is 48.5 Å². The Morgan fingerprint density at radius 2 is 1.08 bits per heavy atom. The summed E-state index contributed by atoms with van der Waals surface area (Å²) in [6.45, 7) is 1.21. The van der Waals surface area contributed by atoms with E-state index >= 15 is 0 Å². The molecule has 9 nitrogen and oxygen atoms in total. The number of halogens is 2. The van der Waals surface area contributed by atoms with Crippen LogP contribution in [0.2, 0.25) is 0 Å². The van der Waals surface area contributed by atoms with Gasteiger partial charge in [-0.15, -0.1) is 0 Å². The van der Waals surface area contributed by atoms with E-state index in [-0.39, 0.29) is 26.4 Å². The average molecular weight is 662 g/mol. The summed E-state index contributed by atoms with van der Waals surface area (Å²) in [4.78, 5) is 10.1. The summed E-state index contributed by atoms with van der Waals surface area (Å²) in [6.07, 6.45) is 0. The van der Waals surface area contributed by atoms with E-state index in [4.69, 9.17) is 34.4 Å². The lowest BCUT2D eigenvalue weighted by molar-refractivity contribution is 0.0705. The summed E-state index contributed by atoms with van der Waals surface area (Å²) in [5.74, 6) is 1.35. The standard InChI is InChI=1S/C26H22Br2N4O5S/c27-19-23-24(20(28)26-25(19)31-38-32-26)30-22(16-3-7-18(8-4-16)37-14-13-35-11-9-33)21(29-23)15-1-5-17(6-2-15)36-12-10-34/h1-8,33-34H,9-14H2. The van der Waals surface area contributed by atoms with Crippen molar-refractivity contribution < 1.29 is 24.4 Å². The molecule has 0 unspecified atom stereocenters. The quantitative estimate of drug-likeness (QED) is 0.183. The van der Waals surface area contributed by atoms with Crippen molar-refractivity contribution in [2.24, 2.45) is 0 Å². The molecule has 0 radical (unpaired) electrons. The Morgan fingerprint density at radius 3 is 1.55 bits per heavy atom. The molecular weight excluding hydrogens is 640 g/mol. The number of aliphatic hydroxyl groups excluding tert-OH is 2. The zero-order chi connectivity index (χ0) is 26.5. The Morgan fingerprint density at radius 1 is 0.605 bits per heavy atom. The van der Waals surface area contributed by atoms with Crippen LogP contribution in [0.1, 0.15) is 0 Å². The van der Waals surface area contributed by atoms with Crippen LogP contribution in [0.3, 0.4) is 0 Å². The van der Waals surface area contributed by atoms with Gasteiger partial charge in [-0.05, 0) is 80.4 Å². The van der Waals surface area contributed by atoms with Gasteiger partial charge in [-0.1, -0.05) is 0 Å². The van der Waals surface area contributed by atoms with E-state index in [1.165, 1.54) is 0 Å². The Hall–Kier alpha value is -2.74. The third kappa shape index (κ3) is 5.65. The third-order valence-corrected chi connectivity index (χ3v) is 7.59. The fourth-order valence-electron chi connectivity index (χ4n) is 3.81. The summed E-state index contributed by atoms with van der Waals surface area (Å²) in [5.41, 5.74) is 5.87. The van der Waals surface area contributed by atoms with Crippen LogP contribution in [0.15, 0.2) is 57.5 Å². The highest BCUT2D eigenvalue weighted by atomic mass is 79.9. The van der Waals surface area contributed by atoms with E-state index in [0.717, 1.165) is 42.8 Å². The SMILES string of the molecule is OCCOCCOc1ccc(-c2nc3c(Br)c4nsnc4c(Br)c3nc2-c2ccc(OCCO)cc2)cc1. The highest BCUT2D eigenvalue weighted by Crippen LogP contribution is 2.40. The molecule has 0 aliphatic heterocycles. The Balaban J connectivity index is 1.57. The Labute approximate surface area is 239 Å². The summed E-state index contributed by atoms with van der Waals surface area (Å²) in [6, 6.07) is 15.2. The van der Waals surface area contributed by atoms with Gasteiger partial charge in [0, 0.05) is 11.1 Å². The molecule has 0 aliphatic carbocycles. The Kier molecular flexibility index (Phi) is 8.77. The molecule has 0 amide bonds. The number of nitrogens with zero attached hydrogens (tertiary/aromatic N) is 4. The minimum Gasteiger partial charge on any atom is -0.491 e. The summed E-state index contributed by atoms with van der Waals surface area (Å²) < 4.78 is 26.8. The number of aliphatic hydroxyl groups is 2. The van der Waals surface area contributed by atoms with Gasteiger partial charge >= 0.3 is 0 Å². The molecule has 0 bridgehead atoms. The molecule has 2 aromatic heterocycles. The molecule has 0 aliphatic rings. The van der Waals surface area contributed by atoms with Gasteiger partial charge in [-0.25, -0.2) is 9.97 Å². The van der Waals surface area contributed by atoms with Crippen molar-refractivity contribution in [3.63, 3.8) is 0 Å². The number of benzene rings is 3. The second-order valence-corrected chi connectivity index (χ2v) is 10.1. The zero-order valence-electron chi connectivity index (χ0n) is 19.9. The number of ether oxygens (including phenoxy) is 3. The van der Waals surface area contributed by atoms with Crippen molar-refractivity contribution in [1.29, 1.82) is 0 Å². The van der Waals surface area contributed by atoms with Crippen LogP contribution < -0.4 is 9.47 Å². The first kappa shape index (κ1) is 26.9. The van der Waals surface area contributed by atoms with Crippen LogP contribution in [0.4, 0.5) is 0 Å². The monoisotopic (exact) mass is 660 g/mol. The lowest BCUT2D eigenvalue weighted by atomic mass is 10.0. The molecule has 5 aromatic rings. The van der Waals surface area contributed by atoms with Crippen LogP contribution in [0.25, 0.3) is 44.6 Å². The smallest absolute Gasteiger partial charge is 0.122 e. The van der Waals surface area contributed by atoms with E-state index in [1.54, 1.807) is 0 Å². The molecule has 0 fully saturated rings. The second kappa shape index (κ2) is 12.4. The zero-order valence-corrected chi connectivity index (χ0v) is 23.9. The molecule has 0 saturated carbocycles.